The standard InChI is InChI=1S/C22H16FN3O3/c1-14-11-18(15(2)25(14)21-10-6-4-8-19(21)23)22(27)17(13-24)12-16-7-3-5-9-20(16)26(28)29/h3-12H,1-2H3/b17-12-. The highest BCUT2D eigenvalue weighted by Crippen LogP contribution is 2.26. The van der Waals surface area contributed by atoms with E-state index in [4.69, 9.17) is 0 Å². The second-order valence-corrected chi connectivity index (χ2v) is 6.39. The lowest BCUT2D eigenvalue weighted by Gasteiger charge is -2.10. The summed E-state index contributed by atoms with van der Waals surface area (Å²) >= 11 is 0. The maximum Gasteiger partial charge on any atom is 0.276 e. The number of allylic oxidation sites excluding steroid dienone is 1. The minimum absolute atomic E-state index is 0.158. The Morgan fingerprint density at radius 1 is 1.17 bits per heavy atom. The number of nitrogens with zero attached hydrogens (tertiary/aromatic N) is 3. The normalized spacial score (nSPS) is 11.2. The van der Waals surface area contributed by atoms with Gasteiger partial charge >= 0.3 is 0 Å². The van der Waals surface area contributed by atoms with Gasteiger partial charge in [0.05, 0.1) is 16.2 Å². The summed E-state index contributed by atoms with van der Waals surface area (Å²) in [7, 11) is 0. The van der Waals surface area contributed by atoms with E-state index in [1.165, 1.54) is 30.3 Å². The fourth-order valence-electron chi connectivity index (χ4n) is 3.22. The Bertz CT molecular complexity index is 1200. The second kappa shape index (κ2) is 7.90. The van der Waals surface area contributed by atoms with Crippen molar-refractivity contribution in [3.8, 4) is 11.8 Å². The molecular weight excluding hydrogens is 373 g/mol. The highest BCUT2D eigenvalue weighted by Gasteiger charge is 2.22. The number of nitriles is 1. The van der Waals surface area contributed by atoms with Crippen LogP contribution in [-0.4, -0.2) is 15.3 Å². The van der Waals surface area contributed by atoms with Crippen molar-refractivity contribution in [3.05, 3.63) is 98.6 Å². The fourth-order valence-corrected chi connectivity index (χ4v) is 3.22. The van der Waals surface area contributed by atoms with Gasteiger partial charge in [0.2, 0.25) is 5.78 Å². The van der Waals surface area contributed by atoms with Gasteiger partial charge in [-0.15, -0.1) is 0 Å². The molecule has 0 radical (unpaired) electrons. The van der Waals surface area contributed by atoms with Crippen LogP contribution in [0.1, 0.15) is 27.3 Å². The zero-order valence-electron chi connectivity index (χ0n) is 15.7. The monoisotopic (exact) mass is 389 g/mol. The number of carbonyl (C=O) groups is 1. The number of hydrogen-bond acceptors (Lipinski definition) is 4. The van der Waals surface area contributed by atoms with Crippen LogP contribution in [0.2, 0.25) is 0 Å². The third-order valence-corrected chi connectivity index (χ3v) is 4.57. The summed E-state index contributed by atoms with van der Waals surface area (Å²) in [5, 5.41) is 20.7. The largest absolute Gasteiger partial charge is 0.315 e. The third-order valence-electron chi connectivity index (χ3n) is 4.57. The molecule has 7 heteroatoms. The SMILES string of the molecule is Cc1cc(C(=O)/C(C#N)=C\c2ccccc2[N+](=O)[O-])c(C)n1-c1ccccc1F. The highest BCUT2D eigenvalue weighted by atomic mass is 19.1. The molecule has 0 saturated carbocycles. The Hall–Kier alpha value is -4.05. The summed E-state index contributed by atoms with van der Waals surface area (Å²) in [5.41, 5.74) is 1.34. The predicted molar refractivity (Wildman–Crippen MR) is 106 cm³/mol. The molecule has 0 atom stereocenters. The number of benzene rings is 2. The molecule has 0 amide bonds. The molecule has 0 unspecified atom stereocenters. The lowest BCUT2D eigenvalue weighted by Crippen LogP contribution is -2.06. The number of Topliss-reactive ketones (excluding diaryl/α,β-unsaturated/α-hetero) is 1. The summed E-state index contributed by atoms with van der Waals surface area (Å²) in [4.78, 5) is 23.6. The molecule has 0 spiro atoms. The summed E-state index contributed by atoms with van der Waals surface area (Å²) in [5.74, 6) is -1.02. The van der Waals surface area contributed by atoms with E-state index in [0.29, 0.717) is 17.1 Å². The summed E-state index contributed by atoms with van der Waals surface area (Å²) in [6.07, 6.45) is 1.20. The molecule has 0 aliphatic rings. The van der Waals surface area contributed by atoms with Crippen LogP contribution in [0.5, 0.6) is 0 Å². The number of nitro groups is 1. The van der Waals surface area contributed by atoms with Crippen LogP contribution < -0.4 is 0 Å². The van der Waals surface area contributed by atoms with Crippen molar-refractivity contribution in [3.63, 3.8) is 0 Å². The minimum Gasteiger partial charge on any atom is -0.315 e. The van der Waals surface area contributed by atoms with Crippen LogP contribution in [0, 0.1) is 41.1 Å². The van der Waals surface area contributed by atoms with Gasteiger partial charge in [-0.05, 0) is 44.2 Å². The Morgan fingerprint density at radius 2 is 1.83 bits per heavy atom. The molecule has 1 aromatic heterocycles. The van der Waals surface area contributed by atoms with Crippen molar-refractivity contribution in [2.75, 3.05) is 0 Å². The second-order valence-electron chi connectivity index (χ2n) is 6.39. The van der Waals surface area contributed by atoms with Gasteiger partial charge in [0.1, 0.15) is 17.5 Å². The Balaban J connectivity index is 2.09. The van der Waals surface area contributed by atoms with Gasteiger partial charge in [-0.1, -0.05) is 24.3 Å². The molecule has 3 aromatic rings. The molecule has 0 aliphatic carbocycles. The van der Waals surface area contributed by atoms with Crippen LogP contribution in [0.15, 0.2) is 60.2 Å². The van der Waals surface area contributed by atoms with Gasteiger partial charge < -0.3 is 4.57 Å². The summed E-state index contributed by atoms with van der Waals surface area (Å²) in [6, 6.07) is 15.4. The quantitative estimate of drug-likeness (QED) is 0.203. The van der Waals surface area contributed by atoms with Crippen LogP contribution >= 0.6 is 0 Å². The average molecular weight is 389 g/mol. The number of nitro benzene ring substituents is 1. The molecule has 0 N–H and O–H groups in total. The smallest absolute Gasteiger partial charge is 0.276 e. The van der Waals surface area contributed by atoms with Crippen molar-refractivity contribution >= 4 is 17.5 Å². The molecule has 2 aromatic carbocycles. The Labute approximate surface area is 166 Å². The van der Waals surface area contributed by atoms with E-state index in [1.807, 2.05) is 6.07 Å². The third kappa shape index (κ3) is 3.69. The fraction of sp³-hybridized carbons (Fsp3) is 0.0909. The number of rotatable bonds is 5. The van der Waals surface area contributed by atoms with Crippen LogP contribution in [-0.2, 0) is 0 Å². The topological polar surface area (TPSA) is 88.9 Å². The van der Waals surface area contributed by atoms with Gasteiger partial charge in [0.15, 0.2) is 0 Å². The molecule has 1 heterocycles. The van der Waals surface area contributed by atoms with Crippen molar-refractivity contribution in [2.45, 2.75) is 13.8 Å². The first-order valence-corrected chi connectivity index (χ1v) is 8.69. The summed E-state index contributed by atoms with van der Waals surface area (Å²) in [6.45, 7) is 3.39. The number of para-hydroxylation sites is 2. The molecule has 0 bridgehead atoms. The van der Waals surface area contributed by atoms with E-state index >= 15 is 0 Å². The van der Waals surface area contributed by atoms with Gasteiger partial charge in [-0.25, -0.2) is 4.39 Å². The van der Waals surface area contributed by atoms with E-state index < -0.39 is 16.5 Å². The maximum atomic E-state index is 14.2. The molecule has 144 valence electrons. The molecule has 0 aliphatic heterocycles. The van der Waals surface area contributed by atoms with Crippen molar-refractivity contribution in [1.29, 1.82) is 5.26 Å². The zero-order chi connectivity index (χ0) is 21.1. The van der Waals surface area contributed by atoms with Crippen LogP contribution in [0.25, 0.3) is 11.8 Å². The van der Waals surface area contributed by atoms with Gasteiger partial charge in [-0.3, -0.25) is 14.9 Å². The van der Waals surface area contributed by atoms with Gasteiger partial charge in [-0.2, -0.15) is 5.26 Å². The van der Waals surface area contributed by atoms with E-state index in [1.54, 1.807) is 48.7 Å². The first-order valence-electron chi connectivity index (χ1n) is 8.69. The first kappa shape index (κ1) is 19.7. The molecule has 3 rings (SSSR count). The van der Waals surface area contributed by atoms with Crippen LogP contribution in [0.4, 0.5) is 10.1 Å². The number of aryl methyl sites for hydroxylation is 1. The van der Waals surface area contributed by atoms with Crippen molar-refractivity contribution in [1.82, 2.24) is 4.57 Å². The molecule has 0 fully saturated rings. The number of carbonyl (C=O) groups excluding carboxylic acids is 1. The Kier molecular flexibility index (Phi) is 5.37. The molecule has 6 nitrogen and oxygen atoms in total. The Morgan fingerprint density at radius 3 is 2.48 bits per heavy atom. The van der Waals surface area contributed by atoms with Crippen molar-refractivity contribution < 1.29 is 14.1 Å². The lowest BCUT2D eigenvalue weighted by molar-refractivity contribution is -0.385. The highest BCUT2D eigenvalue weighted by molar-refractivity contribution is 6.15. The number of ketones is 1. The zero-order valence-corrected chi connectivity index (χ0v) is 15.7. The predicted octanol–water partition coefficient (Wildman–Crippen LogP) is 4.93. The van der Waals surface area contributed by atoms with E-state index in [-0.39, 0.29) is 22.4 Å². The lowest BCUT2D eigenvalue weighted by atomic mass is 10.0. The maximum absolute atomic E-state index is 14.2. The first-order chi connectivity index (χ1) is 13.8. The molecule has 0 saturated heterocycles. The van der Waals surface area contributed by atoms with Crippen LogP contribution in [0.3, 0.4) is 0 Å². The van der Waals surface area contributed by atoms with Gasteiger partial charge in [0.25, 0.3) is 5.69 Å². The van der Waals surface area contributed by atoms with E-state index in [0.717, 1.165) is 0 Å². The number of hydrogen-bond donors (Lipinski definition) is 0. The number of halogens is 1. The number of aromatic nitrogens is 1. The summed E-state index contributed by atoms with van der Waals surface area (Å²) < 4.78 is 15.8. The van der Waals surface area contributed by atoms with Crippen molar-refractivity contribution in [2.24, 2.45) is 0 Å². The van der Waals surface area contributed by atoms with E-state index in [2.05, 4.69) is 0 Å². The van der Waals surface area contributed by atoms with E-state index in [9.17, 15) is 24.6 Å². The molecular formula is C22H16FN3O3. The minimum atomic E-state index is -0.582. The average Bonchev–Trinajstić information content (AvgIpc) is 3.00. The van der Waals surface area contributed by atoms with Gasteiger partial charge in [0, 0.05) is 23.0 Å². The molecule has 29 heavy (non-hydrogen) atoms.